The minimum absolute atomic E-state index is 0.824. The number of hydrogen-bond acceptors (Lipinski definition) is 3. The molecule has 22 heavy (non-hydrogen) atoms. The largest absolute Gasteiger partial charge is 0.381 e. The molecule has 0 radical (unpaired) electrons. The maximum absolute atomic E-state index is 5.06. The van der Waals surface area contributed by atoms with Crippen molar-refractivity contribution in [3.8, 4) is 0 Å². The van der Waals surface area contributed by atoms with Crippen molar-refractivity contribution in [3.05, 3.63) is 0 Å². The van der Waals surface area contributed by atoms with Crippen molar-refractivity contribution < 1.29 is 14.2 Å². The first kappa shape index (κ1) is 24.1. The van der Waals surface area contributed by atoms with Crippen LogP contribution in [0.5, 0.6) is 0 Å². The molecule has 136 valence electrons. The molecule has 0 amide bonds. The Hall–Kier alpha value is -0.120. The topological polar surface area (TPSA) is 27.7 Å². The van der Waals surface area contributed by atoms with E-state index in [9.17, 15) is 0 Å². The van der Waals surface area contributed by atoms with Crippen molar-refractivity contribution in [3.63, 3.8) is 0 Å². The molecule has 3 heteroatoms. The fourth-order valence-electron chi connectivity index (χ4n) is 1.96. The van der Waals surface area contributed by atoms with Gasteiger partial charge in [-0.3, -0.25) is 0 Å². The van der Waals surface area contributed by atoms with Gasteiger partial charge in [-0.2, -0.15) is 0 Å². The summed E-state index contributed by atoms with van der Waals surface area (Å²) in [5, 5.41) is 0. The van der Waals surface area contributed by atoms with Crippen molar-refractivity contribution in [1.82, 2.24) is 0 Å². The monoisotopic (exact) mass is 318 g/mol. The Balaban J connectivity index is 0. The average Bonchev–Trinajstić information content (AvgIpc) is 3.30. The lowest BCUT2D eigenvalue weighted by Crippen LogP contribution is -1.88. The summed E-state index contributed by atoms with van der Waals surface area (Å²) < 4.78 is 15.2. The summed E-state index contributed by atoms with van der Waals surface area (Å²) in [6.45, 7) is 20.6. The van der Waals surface area contributed by atoms with Gasteiger partial charge in [-0.1, -0.05) is 48.5 Å². The minimum atomic E-state index is 0.824. The second-order valence-corrected chi connectivity index (χ2v) is 5.91. The zero-order valence-electron chi connectivity index (χ0n) is 16.3. The van der Waals surface area contributed by atoms with Crippen LogP contribution in [0.2, 0.25) is 0 Å². The summed E-state index contributed by atoms with van der Waals surface area (Å²) in [5.41, 5.74) is 0. The molecule has 3 unspecified atom stereocenters. The van der Waals surface area contributed by atoms with Crippen LogP contribution in [-0.2, 0) is 14.2 Å². The molecule has 0 spiro atoms. The third-order valence-electron chi connectivity index (χ3n) is 3.47. The molecule has 3 aliphatic heterocycles. The molecule has 3 aliphatic rings. The van der Waals surface area contributed by atoms with Crippen molar-refractivity contribution in [2.75, 3.05) is 39.6 Å². The van der Waals surface area contributed by atoms with E-state index in [1.807, 2.05) is 27.7 Å². The van der Waals surface area contributed by atoms with Gasteiger partial charge in [0.05, 0.1) is 0 Å². The number of hydrogen-bond donors (Lipinski definition) is 0. The normalized spacial score (nSPS) is 28.8. The van der Waals surface area contributed by atoms with Gasteiger partial charge in [0.25, 0.3) is 0 Å². The van der Waals surface area contributed by atoms with Crippen LogP contribution in [0.3, 0.4) is 0 Å². The highest BCUT2D eigenvalue weighted by Gasteiger charge is 2.08. The second kappa shape index (κ2) is 18.9. The molecule has 0 aliphatic carbocycles. The summed E-state index contributed by atoms with van der Waals surface area (Å²) in [6.07, 6.45) is 3.79. The van der Waals surface area contributed by atoms with E-state index in [-0.39, 0.29) is 0 Å². The third-order valence-corrected chi connectivity index (χ3v) is 3.47. The highest BCUT2D eigenvalue weighted by atomic mass is 16.5. The molecule has 0 aromatic carbocycles. The predicted molar refractivity (Wildman–Crippen MR) is 96.5 cm³/mol. The van der Waals surface area contributed by atoms with E-state index in [1.165, 1.54) is 19.3 Å². The van der Waals surface area contributed by atoms with Crippen LogP contribution in [0.1, 0.15) is 67.7 Å². The Bertz CT molecular complexity index is 146. The molecular formula is C19H42O3. The van der Waals surface area contributed by atoms with Crippen molar-refractivity contribution in [2.45, 2.75) is 67.7 Å². The summed E-state index contributed by atoms with van der Waals surface area (Å²) in [6, 6.07) is 0. The molecule has 3 nitrogen and oxygen atoms in total. The van der Waals surface area contributed by atoms with Crippen LogP contribution >= 0.6 is 0 Å². The van der Waals surface area contributed by atoms with Crippen LogP contribution in [0.4, 0.5) is 0 Å². The van der Waals surface area contributed by atoms with Crippen LogP contribution in [-0.4, -0.2) is 39.6 Å². The third kappa shape index (κ3) is 16.3. The van der Waals surface area contributed by atoms with Gasteiger partial charge in [0.15, 0.2) is 0 Å². The van der Waals surface area contributed by atoms with E-state index in [1.54, 1.807) is 0 Å². The zero-order chi connectivity index (χ0) is 17.2. The smallest absolute Gasteiger partial charge is 0.0492 e. The standard InChI is InChI=1S/3C5H10O.2C2H6/c3*1-5-2-3-6-4-5;2*1-2/h3*5H,2-4H2,1H3;2*1-2H3. The quantitative estimate of drug-likeness (QED) is 0.616. The lowest BCUT2D eigenvalue weighted by Gasteiger charge is -1.89. The average molecular weight is 319 g/mol. The molecule has 3 fully saturated rings. The summed E-state index contributed by atoms with van der Waals surface area (Å²) in [4.78, 5) is 0. The zero-order valence-corrected chi connectivity index (χ0v) is 16.3. The number of ether oxygens (including phenoxy) is 3. The van der Waals surface area contributed by atoms with Gasteiger partial charge < -0.3 is 14.2 Å². The summed E-state index contributed by atoms with van der Waals surface area (Å²) in [7, 11) is 0. The Labute approximate surface area is 140 Å². The molecule has 3 heterocycles. The van der Waals surface area contributed by atoms with E-state index in [0.717, 1.165) is 57.4 Å². The van der Waals surface area contributed by atoms with E-state index in [2.05, 4.69) is 20.8 Å². The lowest BCUT2D eigenvalue weighted by molar-refractivity contribution is 0.188. The molecule has 3 saturated heterocycles. The number of rotatable bonds is 0. The maximum atomic E-state index is 5.06. The fraction of sp³-hybridized carbons (Fsp3) is 1.00. The summed E-state index contributed by atoms with van der Waals surface area (Å²) in [5.74, 6) is 2.47. The first-order valence-electron chi connectivity index (χ1n) is 9.41. The molecule has 3 atom stereocenters. The van der Waals surface area contributed by atoms with E-state index in [4.69, 9.17) is 14.2 Å². The van der Waals surface area contributed by atoms with E-state index in [0.29, 0.717) is 0 Å². The minimum Gasteiger partial charge on any atom is -0.381 e. The highest BCUT2D eigenvalue weighted by Crippen LogP contribution is 2.10. The molecule has 0 N–H and O–H groups in total. The lowest BCUT2D eigenvalue weighted by atomic mass is 10.2. The van der Waals surface area contributed by atoms with Crippen molar-refractivity contribution in [1.29, 1.82) is 0 Å². The molecule has 0 aromatic rings. The first-order chi connectivity index (χ1) is 10.7. The molecule has 0 saturated carbocycles. The highest BCUT2D eigenvalue weighted by molar-refractivity contribution is 4.56. The SMILES string of the molecule is CC.CC.CC1CCOC1.CC1CCOC1.CC1CCOC1. The van der Waals surface area contributed by atoms with Gasteiger partial charge in [-0.15, -0.1) is 0 Å². The van der Waals surface area contributed by atoms with Crippen molar-refractivity contribution >= 4 is 0 Å². The Morgan fingerprint density at radius 3 is 0.773 bits per heavy atom. The Kier molecular flexibility index (Phi) is 20.8. The Morgan fingerprint density at radius 2 is 0.727 bits per heavy atom. The van der Waals surface area contributed by atoms with Gasteiger partial charge in [0, 0.05) is 39.6 Å². The van der Waals surface area contributed by atoms with E-state index < -0.39 is 0 Å². The molecule has 0 aromatic heterocycles. The van der Waals surface area contributed by atoms with Crippen LogP contribution in [0.15, 0.2) is 0 Å². The first-order valence-corrected chi connectivity index (χ1v) is 9.41. The van der Waals surface area contributed by atoms with Crippen LogP contribution < -0.4 is 0 Å². The maximum Gasteiger partial charge on any atom is 0.0492 e. The fourth-order valence-corrected chi connectivity index (χ4v) is 1.96. The van der Waals surface area contributed by atoms with Crippen molar-refractivity contribution in [2.24, 2.45) is 17.8 Å². The molecule has 0 bridgehead atoms. The van der Waals surface area contributed by atoms with Gasteiger partial charge in [-0.05, 0) is 37.0 Å². The van der Waals surface area contributed by atoms with Gasteiger partial charge in [0.2, 0.25) is 0 Å². The molecule has 3 rings (SSSR count). The van der Waals surface area contributed by atoms with Crippen LogP contribution in [0, 0.1) is 17.8 Å². The van der Waals surface area contributed by atoms with Gasteiger partial charge >= 0.3 is 0 Å². The van der Waals surface area contributed by atoms with Crippen LogP contribution in [0.25, 0.3) is 0 Å². The Morgan fingerprint density at radius 1 is 0.500 bits per heavy atom. The van der Waals surface area contributed by atoms with Gasteiger partial charge in [0.1, 0.15) is 0 Å². The van der Waals surface area contributed by atoms with E-state index >= 15 is 0 Å². The summed E-state index contributed by atoms with van der Waals surface area (Å²) >= 11 is 0. The molecular weight excluding hydrogens is 276 g/mol. The predicted octanol–water partition coefficient (Wildman–Crippen LogP) is 5.18. The van der Waals surface area contributed by atoms with Gasteiger partial charge in [-0.25, -0.2) is 0 Å². The second-order valence-electron chi connectivity index (χ2n) is 5.91.